The zero-order chi connectivity index (χ0) is 11.5. The van der Waals surface area contributed by atoms with Crippen LogP contribution in [0.15, 0.2) is 18.2 Å². The molecule has 86 valence electrons. The molecule has 6 heteroatoms. The van der Waals surface area contributed by atoms with Crippen LogP contribution < -0.4 is 10.1 Å². The third-order valence-electron chi connectivity index (χ3n) is 2.43. The van der Waals surface area contributed by atoms with Crippen molar-refractivity contribution in [2.75, 3.05) is 13.1 Å². The first-order valence-corrected chi connectivity index (χ1v) is 4.98. The average molecular weight is 226 g/mol. The van der Waals surface area contributed by atoms with Crippen LogP contribution in [0.4, 0.5) is 10.1 Å². The summed E-state index contributed by atoms with van der Waals surface area (Å²) in [4.78, 5) is 9.64. The SMILES string of the molecule is O=[N+]([O-])c1ccc(OC2CCNC2)cc1F. The maximum absolute atomic E-state index is 13.2. The lowest BCUT2D eigenvalue weighted by Crippen LogP contribution is -2.19. The summed E-state index contributed by atoms with van der Waals surface area (Å²) < 4.78 is 18.7. The number of nitrogens with zero attached hydrogens (tertiary/aromatic N) is 1. The fourth-order valence-corrected chi connectivity index (χ4v) is 1.63. The molecule has 1 aliphatic rings. The number of ether oxygens (including phenoxy) is 1. The van der Waals surface area contributed by atoms with Crippen LogP contribution in [-0.4, -0.2) is 24.1 Å². The summed E-state index contributed by atoms with van der Waals surface area (Å²) in [6.45, 7) is 1.60. The fourth-order valence-electron chi connectivity index (χ4n) is 1.63. The van der Waals surface area contributed by atoms with Gasteiger partial charge in [-0.25, -0.2) is 0 Å². The molecule has 1 aliphatic heterocycles. The van der Waals surface area contributed by atoms with Gasteiger partial charge in [0, 0.05) is 18.7 Å². The Kier molecular flexibility index (Phi) is 3.00. The minimum Gasteiger partial charge on any atom is -0.489 e. The molecule has 0 amide bonds. The van der Waals surface area contributed by atoms with Gasteiger partial charge in [0.1, 0.15) is 11.9 Å². The Bertz CT molecular complexity index is 405. The van der Waals surface area contributed by atoms with E-state index in [0.29, 0.717) is 5.75 Å². The molecule has 16 heavy (non-hydrogen) atoms. The van der Waals surface area contributed by atoms with Crippen molar-refractivity contribution in [1.29, 1.82) is 0 Å². The van der Waals surface area contributed by atoms with Crippen LogP contribution in [0.2, 0.25) is 0 Å². The largest absolute Gasteiger partial charge is 0.489 e. The Morgan fingerprint density at radius 3 is 2.94 bits per heavy atom. The van der Waals surface area contributed by atoms with E-state index >= 15 is 0 Å². The first-order chi connectivity index (χ1) is 7.66. The van der Waals surface area contributed by atoms with Gasteiger partial charge in [0.25, 0.3) is 0 Å². The maximum atomic E-state index is 13.2. The highest BCUT2D eigenvalue weighted by molar-refractivity contribution is 5.38. The first kappa shape index (κ1) is 10.8. The van der Waals surface area contributed by atoms with Gasteiger partial charge in [-0.3, -0.25) is 10.1 Å². The summed E-state index contributed by atoms with van der Waals surface area (Å²) in [5.41, 5.74) is -0.531. The molecule has 0 saturated carbocycles. The van der Waals surface area contributed by atoms with Crippen LogP contribution in [0.25, 0.3) is 0 Å². The van der Waals surface area contributed by atoms with E-state index < -0.39 is 16.4 Å². The molecular weight excluding hydrogens is 215 g/mol. The molecule has 5 nitrogen and oxygen atoms in total. The number of benzene rings is 1. The predicted molar refractivity (Wildman–Crippen MR) is 55.0 cm³/mol. The molecule has 0 radical (unpaired) electrons. The van der Waals surface area contributed by atoms with E-state index in [2.05, 4.69) is 5.32 Å². The summed E-state index contributed by atoms with van der Waals surface area (Å²) in [6.07, 6.45) is 0.874. The molecule has 1 unspecified atom stereocenters. The van der Waals surface area contributed by atoms with Crippen LogP contribution >= 0.6 is 0 Å². The number of nitrogens with one attached hydrogen (secondary N) is 1. The molecule has 1 saturated heterocycles. The van der Waals surface area contributed by atoms with Gasteiger partial charge in [-0.2, -0.15) is 4.39 Å². The van der Waals surface area contributed by atoms with Crippen LogP contribution in [-0.2, 0) is 0 Å². The van der Waals surface area contributed by atoms with Crippen molar-refractivity contribution < 1.29 is 14.1 Å². The molecule has 0 aromatic heterocycles. The standard InChI is InChI=1S/C10H11FN2O3/c11-9-5-7(1-2-10(9)13(14)15)16-8-3-4-12-6-8/h1-2,5,8,12H,3-4,6H2. The Morgan fingerprint density at radius 1 is 1.56 bits per heavy atom. The van der Waals surface area contributed by atoms with Crippen molar-refractivity contribution in [3.8, 4) is 5.75 Å². The molecule has 0 spiro atoms. The van der Waals surface area contributed by atoms with E-state index in [1.54, 1.807) is 0 Å². The lowest BCUT2D eigenvalue weighted by molar-refractivity contribution is -0.387. The van der Waals surface area contributed by atoms with Crippen LogP contribution in [0.5, 0.6) is 5.75 Å². The lowest BCUT2D eigenvalue weighted by atomic mass is 10.2. The van der Waals surface area contributed by atoms with E-state index in [4.69, 9.17) is 4.74 Å². The van der Waals surface area contributed by atoms with Crippen molar-refractivity contribution in [2.45, 2.75) is 12.5 Å². The fraction of sp³-hybridized carbons (Fsp3) is 0.400. The lowest BCUT2D eigenvalue weighted by Gasteiger charge is -2.11. The quantitative estimate of drug-likeness (QED) is 0.626. The van der Waals surface area contributed by atoms with E-state index in [1.165, 1.54) is 6.07 Å². The molecule has 1 fully saturated rings. The number of hydrogen-bond donors (Lipinski definition) is 1. The van der Waals surface area contributed by atoms with Gasteiger partial charge in [-0.05, 0) is 19.0 Å². The number of halogens is 1. The maximum Gasteiger partial charge on any atom is 0.305 e. The second kappa shape index (κ2) is 4.44. The van der Waals surface area contributed by atoms with Gasteiger partial charge in [0.2, 0.25) is 5.82 Å². The van der Waals surface area contributed by atoms with Crippen LogP contribution in [0.1, 0.15) is 6.42 Å². The Morgan fingerprint density at radius 2 is 2.38 bits per heavy atom. The van der Waals surface area contributed by atoms with E-state index in [0.717, 1.165) is 31.6 Å². The third kappa shape index (κ3) is 2.27. The second-order valence-electron chi connectivity index (χ2n) is 3.60. The zero-order valence-corrected chi connectivity index (χ0v) is 8.48. The summed E-state index contributed by atoms with van der Waals surface area (Å²) in [6, 6.07) is 3.59. The van der Waals surface area contributed by atoms with Gasteiger partial charge < -0.3 is 10.1 Å². The Labute approximate surface area is 91.4 Å². The van der Waals surface area contributed by atoms with Crippen molar-refractivity contribution in [1.82, 2.24) is 5.32 Å². The molecule has 0 bridgehead atoms. The first-order valence-electron chi connectivity index (χ1n) is 4.98. The third-order valence-corrected chi connectivity index (χ3v) is 2.43. The number of hydrogen-bond acceptors (Lipinski definition) is 4. The molecular formula is C10H11FN2O3. The highest BCUT2D eigenvalue weighted by Gasteiger charge is 2.18. The summed E-state index contributed by atoms with van der Waals surface area (Å²) in [5.74, 6) is -0.537. The molecule has 0 aliphatic carbocycles. The van der Waals surface area contributed by atoms with Crippen LogP contribution in [0, 0.1) is 15.9 Å². The molecule has 1 heterocycles. The van der Waals surface area contributed by atoms with Gasteiger partial charge in [-0.1, -0.05) is 0 Å². The highest BCUT2D eigenvalue weighted by atomic mass is 19.1. The van der Waals surface area contributed by atoms with Gasteiger partial charge in [0.15, 0.2) is 0 Å². The summed E-state index contributed by atoms with van der Waals surface area (Å²) in [7, 11) is 0. The van der Waals surface area contributed by atoms with E-state index in [9.17, 15) is 14.5 Å². The van der Waals surface area contributed by atoms with Crippen molar-refractivity contribution in [3.05, 3.63) is 34.1 Å². The minimum absolute atomic E-state index is 0.0147. The summed E-state index contributed by atoms with van der Waals surface area (Å²) in [5, 5.41) is 13.5. The average Bonchev–Trinajstić information content (AvgIpc) is 2.70. The Balaban J connectivity index is 2.11. The number of rotatable bonds is 3. The topological polar surface area (TPSA) is 64.4 Å². The highest BCUT2D eigenvalue weighted by Crippen LogP contribution is 2.23. The molecule has 1 aromatic rings. The predicted octanol–water partition coefficient (Wildman–Crippen LogP) is 1.47. The van der Waals surface area contributed by atoms with E-state index in [1.807, 2.05) is 0 Å². The van der Waals surface area contributed by atoms with Crippen molar-refractivity contribution in [3.63, 3.8) is 0 Å². The Hall–Kier alpha value is -1.69. The van der Waals surface area contributed by atoms with Gasteiger partial charge in [0.05, 0.1) is 4.92 Å². The van der Waals surface area contributed by atoms with Crippen molar-refractivity contribution >= 4 is 5.69 Å². The zero-order valence-electron chi connectivity index (χ0n) is 8.48. The smallest absolute Gasteiger partial charge is 0.305 e. The molecule has 1 aromatic carbocycles. The summed E-state index contributed by atoms with van der Waals surface area (Å²) >= 11 is 0. The van der Waals surface area contributed by atoms with Gasteiger partial charge >= 0.3 is 5.69 Å². The molecule has 1 N–H and O–H groups in total. The minimum atomic E-state index is -0.867. The van der Waals surface area contributed by atoms with Crippen molar-refractivity contribution in [2.24, 2.45) is 0 Å². The number of nitro benzene ring substituents is 1. The van der Waals surface area contributed by atoms with Crippen LogP contribution in [0.3, 0.4) is 0 Å². The monoisotopic (exact) mass is 226 g/mol. The molecule has 1 atom stereocenters. The second-order valence-corrected chi connectivity index (χ2v) is 3.60. The number of nitro groups is 1. The van der Waals surface area contributed by atoms with E-state index in [-0.39, 0.29) is 6.10 Å². The normalized spacial score (nSPS) is 19.7. The molecule has 2 rings (SSSR count). The van der Waals surface area contributed by atoms with Gasteiger partial charge in [-0.15, -0.1) is 0 Å².